The number of carboxylic acid groups (broad SMARTS) is 1. The van der Waals surface area contributed by atoms with Crippen LogP contribution in [0.3, 0.4) is 0 Å². The Bertz CT molecular complexity index is 843. The summed E-state index contributed by atoms with van der Waals surface area (Å²) in [6, 6.07) is 5.91. The van der Waals surface area contributed by atoms with Crippen molar-refractivity contribution < 1.29 is 24.4 Å². The van der Waals surface area contributed by atoms with E-state index in [9.17, 15) is 24.8 Å². The first kappa shape index (κ1) is 17.0. The molecule has 9 nitrogen and oxygen atoms in total. The summed E-state index contributed by atoms with van der Waals surface area (Å²) >= 11 is 1.14. The normalized spacial score (nSPS) is 19.5. The molecule has 1 amide bonds. The zero-order valence-corrected chi connectivity index (χ0v) is 13.6. The topological polar surface area (TPSA) is 132 Å². The lowest BCUT2D eigenvalue weighted by Gasteiger charge is -2.22. The number of nitro benzene ring substituents is 1. The number of benzene rings is 1. The summed E-state index contributed by atoms with van der Waals surface area (Å²) < 4.78 is 5.09. The van der Waals surface area contributed by atoms with Crippen molar-refractivity contribution in [2.24, 2.45) is 0 Å². The SMILES string of the molecule is O=C(NC1(C(=O)O)CCOC1)c1csc(-c2cccc([N+](=O)[O-])c2)n1. The number of nitrogens with zero attached hydrogens (tertiary/aromatic N) is 2. The molecule has 1 aliphatic heterocycles. The highest BCUT2D eigenvalue weighted by Crippen LogP contribution is 2.27. The highest BCUT2D eigenvalue weighted by molar-refractivity contribution is 7.13. The van der Waals surface area contributed by atoms with E-state index in [1.165, 1.54) is 23.6 Å². The maximum atomic E-state index is 12.3. The standard InChI is InChI=1S/C15H13N3O6S/c19-12(17-15(14(20)21)4-5-24-8-15)11-7-25-13(16-11)9-2-1-3-10(6-9)18(22)23/h1-3,6-7H,4-5,8H2,(H,17,19)(H,20,21). The van der Waals surface area contributed by atoms with Crippen molar-refractivity contribution >= 4 is 28.9 Å². The van der Waals surface area contributed by atoms with Gasteiger partial charge in [0.25, 0.3) is 11.6 Å². The van der Waals surface area contributed by atoms with Gasteiger partial charge in [-0.05, 0) is 0 Å². The van der Waals surface area contributed by atoms with Gasteiger partial charge in [0.2, 0.25) is 0 Å². The number of non-ortho nitro benzene ring substituents is 1. The lowest BCUT2D eigenvalue weighted by Crippen LogP contribution is -2.55. The van der Waals surface area contributed by atoms with Gasteiger partial charge in [0.15, 0.2) is 5.54 Å². The first-order valence-electron chi connectivity index (χ1n) is 7.25. The van der Waals surface area contributed by atoms with Crippen LogP contribution in [0.4, 0.5) is 5.69 Å². The molecule has 0 radical (unpaired) electrons. The van der Waals surface area contributed by atoms with Crippen molar-refractivity contribution in [2.45, 2.75) is 12.0 Å². The second-order valence-electron chi connectivity index (χ2n) is 5.49. The molecule has 130 valence electrons. The van der Waals surface area contributed by atoms with Crippen molar-refractivity contribution in [2.75, 3.05) is 13.2 Å². The summed E-state index contributed by atoms with van der Waals surface area (Å²) in [6.45, 7) is 0.151. The van der Waals surface area contributed by atoms with Gasteiger partial charge < -0.3 is 15.2 Å². The number of ether oxygens (including phenoxy) is 1. The minimum atomic E-state index is -1.45. The zero-order chi connectivity index (χ0) is 18.0. The van der Waals surface area contributed by atoms with E-state index in [4.69, 9.17) is 4.74 Å². The van der Waals surface area contributed by atoms with Crippen LogP contribution in [0, 0.1) is 10.1 Å². The number of thiazole rings is 1. The number of carbonyl (C=O) groups is 2. The molecule has 0 bridgehead atoms. The molecule has 1 fully saturated rings. The van der Waals surface area contributed by atoms with Gasteiger partial charge in [-0.2, -0.15) is 0 Å². The molecule has 1 aliphatic rings. The summed E-state index contributed by atoms with van der Waals surface area (Å²) in [4.78, 5) is 38.3. The van der Waals surface area contributed by atoms with Crippen molar-refractivity contribution in [3.05, 3.63) is 45.5 Å². The van der Waals surface area contributed by atoms with Crippen molar-refractivity contribution in [1.29, 1.82) is 0 Å². The van der Waals surface area contributed by atoms with Crippen LogP contribution in [0.15, 0.2) is 29.6 Å². The Hall–Kier alpha value is -2.85. The fourth-order valence-corrected chi connectivity index (χ4v) is 3.23. The number of amides is 1. The van der Waals surface area contributed by atoms with E-state index in [0.29, 0.717) is 10.6 Å². The maximum Gasteiger partial charge on any atom is 0.331 e. The molecule has 1 atom stereocenters. The monoisotopic (exact) mass is 363 g/mol. The molecule has 2 heterocycles. The highest BCUT2D eigenvalue weighted by Gasteiger charge is 2.44. The lowest BCUT2D eigenvalue weighted by molar-refractivity contribution is -0.384. The number of hydrogen-bond acceptors (Lipinski definition) is 7. The van der Waals surface area contributed by atoms with Crippen LogP contribution in [0.2, 0.25) is 0 Å². The Balaban J connectivity index is 1.81. The molecule has 3 rings (SSSR count). The Morgan fingerprint density at radius 1 is 1.44 bits per heavy atom. The van der Waals surface area contributed by atoms with Gasteiger partial charge in [-0.3, -0.25) is 14.9 Å². The van der Waals surface area contributed by atoms with Crippen molar-refractivity contribution in [3.8, 4) is 10.6 Å². The van der Waals surface area contributed by atoms with E-state index in [2.05, 4.69) is 10.3 Å². The van der Waals surface area contributed by atoms with Gasteiger partial charge in [0.1, 0.15) is 10.7 Å². The van der Waals surface area contributed by atoms with E-state index in [1.807, 2.05) is 0 Å². The predicted octanol–water partition coefficient (Wildman–Crippen LogP) is 1.69. The average Bonchev–Trinajstić information content (AvgIpc) is 3.25. The molecular weight excluding hydrogens is 350 g/mol. The van der Waals surface area contributed by atoms with Gasteiger partial charge in [-0.1, -0.05) is 12.1 Å². The molecule has 0 spiro atoms. The number of hydrogen-bond donors (Lipinski definition) is 2. The summed E-state index contributed by atoms with van der Waals surface area (Å²) in [5.74, 6) is -1.78. The number of carbonyl (C=O) groups excluding carboxylic acids is 1. The van der Waals surface area contributed by atoms with Crippen molar-refractivity contribution in [3.63, 3.8) is 0 Å². The highest BCUT2D eigenvalue weighted by atomic mass is 32.1. The molecule has 1 aromatic carbocycles. The third-order valence-electron chi connectivity index (χ3n) is 3.82. The van der Waals surface area contributed by atoms with E-state index in [1.54, 1.807) is 6.07 Å². The minimum absolute atomic E-state index is 0.0547. The smallest absolute Gasteiger partial charge is 0.331 e. The second kappa shape index (κ2) is 6.57. The summed E-state index contributed by atoms with van der Waals surface area (Å²) in [7, 11) is 0. The Labute approximate surface area is 145 Å². The maximum absolute atomic E-state index is 12.3. The van der Waals surface area contributed by atoms with E-state index in [0.717, 1.165) is 11.3 Å². The van der Waals surface area contributed by atoms with Gasteiger partial charge >= 0.3 is 5.97 Å². The number of nitro groups is 1. The molecule has 1 saturated heterocycles. The molecule has 25 heavy (non-hydrogen) atoms. The van der Waals surface area contributed by atoms with E-state index >= 15 is 0 Å². The van der Waals surface area contributed by atoms with Gasteiger partial charge in [-0.25, -0.2) is 9.78 Å². The number of rotatable bonds is 5. The zero-order valence-electron chi connectivity index (χ0n) is 12.8. The number of carboxylic acids is 1. The van der Waals surface area contributed by atoms with Crippen LogP contribution < -0.4 is 5.32 Å². The average molecular weight is 363 g/mol. The molecule has 10 heteroatoms. The summed E-state index contributed by atoms with van der Waals surface area (Å²) in [6.07, 6.45) is 0.177. The Kier molecular flexibility index (Phi) is 4.47. The molecule has 1 unspecified atom stereocenters. The van der Waals surface area contributed by atoms with Crippen LogP contribution >= 0.6 is 11.3 Å². The summed E-state index contributed by atoms with van der Waals surface area (Å²) in [5.41, 5.74) is -0.965. The van der Waals surface area contributed by atoms with Crippen LogP contribution in [-0.4, -0.2) is 45.6 Å². The Morgan fingerprint density at radius 2 is 2.24 bits per heavy atom. The van der Waals surface area contributed by atoms with Gasteiger partial charge in [-0.15, -0.1) is 11.3 Å². The largest absolute Gasteiger partial charge is 0.479 e. The van der Waals surface area contributed by atoms with Crippen LogP contribution in [-0.2, 0) is 9.53 Å². The second-order valence-corrected chi connectivity index (χ2v) is 6.35. The number of aromatic nitrogens is 1. The Morgan fingerprint density at radius 3 is 2.88 bits per heavy atom. The molecular formula is C15H13N3O6S. The lowest BCUT2D eigenvalue weighted by atomic mass is 9.99. The molecule has 1 aromatic heterocycles. The molecule has 2 aromatic rings. The van der Waals surface area contributed by atoms with Crippen LogP contribution in [0.1, 0.15) is 16.9 Å². The van der Waals surface area contributed by atoms with E-state index in [-0.39, 0.29) is 31.0 Å². The quantitative estimate of drug-likeness (QED) is 0.610. The third-order valence-corrected chi connectivity index (χ3v) is 4.72. The van der Waals surface area contributed by atoms with Gasteiger partial charge in [0, 0.05) is 36.1 Å². The first-order chi connectivity index (χ1) is 11.9. The van der Waals surface area contributed by atoms with E-state index < -0.39 is 22.3 Å². The van der Waals surface area contributed by atoms with Crippen LogP contribution in [0.25, 0.3) is 10.6 Å². The molecule has 2 N–H and O–H groups in total. The number of nitrogens with one attached hydrogen (secondary N) is 1. The van der Waals surface area contributed by atoms with Crippen molar-refractivity contribution in [1.82, 2.24) is 10.3 Å². The first-order valence-corrected chi connectivity index (χ1v) is 8.13. The fourth-order valence-electron chi connectivity index (χ4n) is 2.43. The third kappa shape index (κ3) is 3.35. The van der Waals surface area contributed by atoms with Crippen LogP contribution in [0.5, 0.6) is 0 Å². The van der Waals surface area contributed by atoms with Gasteiger partial charge in [0.05, 0.1) is 11.5 Å². The predicted molar refractivity (Wildman–Crippen MR) is 87.5 cm³/mol. The molecule has 0 aliphatic carbocycles. The molecule has 0 saturated carbocycles. The minimum Gasteiger partial charge on any atom is -0.479 e. The summed E-state index contributed by atoms with van der Waals surface area (Å²) in [5, 5.41) is 24.6. The fraction of sp³-hybridized carbons (Fsp3) is 0.267. The number of aliphatic carboxylic acids is 1.